The first-order valence-electron chi connectivity index (χ1n) is 2.84. The maximum Gasteiger partial charge on any atom is 0.130 e. The molecular weight excluding hydrogens is 146 g/mol. The van der Waals surface area contributed by atoms with Crippen LogP contribution >= 0.6 is 12.2 Å². The van der Waals surface area contributed by atoms with E-state index in [-0.39, 0.29) is 0 Å². The van der Waals surface area contributed by atoms with Crippen LogP contribution in [-0.4, -0.2) is 10.2 Å². The number of thiocarbonyl (C=S) groups is 1. The summed E-state index contributed by atoms with van der Waals surface area (Å²) in [4.78, 5) is 0.348. The smallest absolute Gasteiger partial charge is 0.130 e. The lowest BCUT2D eigenvalue weighted by atomic mass is 10.2. The molecule has 0 aliphatic carbocycles. The Morgan fingerprint density at radius 2 is 1.90 bits per heavy atom. The molecule has 0 aliphatic rings. The summed E-state index contributed by atoms with van der Waals surface area (Å²) in [6.07, 6.45) is 0. The van der Waals surface area contributed by atoms with Crippen molar-refractivity contribution in [3.8, 4) is 0 Å². The topological polar surface area (TPSA) is 32.3 Å². The molecule has 0 fully saturated rings. The average molecular weight is 153 g/mol. The molecule has 0 saturated carbocycles. The van der Waals surface area contributed by atoms with Gasteiger partial charge in [0.1, 0.15) is 4.99 Å². The predicted molar refractivity (Wildman–Crippen MR) is 43.1 cm³/mol. The molecule has 0 bridgehead atoms. The van der Waals surface area contributed by atoms with E-state index in [1.165, 1.54) is 0 Å². The summed E-state index contributed by atoms with van der Waals surface area (Å²) >= 11 is 4.76. The second kappa shape index (κ2) is 3.29. The fraction of sp³-hybridized carbons (Fsp3) is 0. The highest BCUT2D eigenvalue weighted by molar-refractivity contribution is 7.80. The lowest BCUT2D eigenvalue weighted by molar-refractivity contribution is 0.238. The molecule has 0 saturated heterocycles. The molecule has 0 aliphatic heterocycles. The van der Waals surface area contributed by atoms with Gasteiger partial charge in [0.15, 0.2) is 0 Å². The highest BCUT2D eigenvalue weighted by Crippen LogP contribution is 1.97. The Kier molecular flexibility index (Phi) is 2.36. The SMILES string of the molecule is ONC(=S)c1ccccc1. The van der Waals surface area contributed by atoms with Crippen LogP contribution in [0, 0.1) is 0 Å². The van der Waals surface area contributed by atoms with E-state index >= 15 is 0 Å². The Morgan fingerprint density at radius 3 is 2.40 bits per heavy atom. The number of rotatable bonds is 1. The fourth-order valence-corrected chi connectivity index (χ4v) is 0.790. The van der Waals surface area contributed by atoms with Crippen LogP contribution in [0.25, 0.3) is 0 Å². The molecule has 0 spiro atoms. The number of hydrogen-bond donors (Lipinski definition) is 2. The molecule has 3 heteroatoms. The van der Waals surface area contributed by atoms with Crippen molar-refractivity contribution in [2.45, 2.75) is 0 Å². The van der Waals surface area contributed by atoms with Crippen LogP contribution in [0.2, 0.25) is 0 Å². The molecule has 52 valence electrons. The lowest BCUT2D eigenvalue weighted by Gasteiger charge is -1.98. The summed E-state index contributed by atoms with van der Waals surface area (Å²) in [5, 5.41) is 8.40. The summed E-state index contributed by atoms with van der Waals surface area (Å²) in [6.45, 7) is 0. The number of nitrogens with one attached hydrogen (secondary N) is 1. The molecule has 2 nitrogen and oxygen atoms in total. The van der Waals surface area contributed by atoms with Crippen LogP contribution < -0.4 is 5.48 Å². The van der Waals surface area contributed by atoms with Crippen molar-refractivity contribution >= 4 is 17.2 Å². The molecule has 2 N–H and O–H groups in total. The molecule has 0 radical (unpaired) electrons. The van der Waals surface area contributed by atoms with Gasteiger partial charge in [0, 0.05) is 5.56 Å². The van der Waals surface area contributed by atoms with Crippen LogP contribution in [0.3, 0.4) is 0 Å². The van der Waals surface area contributed by atoms with E-state index in [9.17, 15) is 0 Å². The first-order chi connectivity index (χ1) is 4.84. The predicted octanol–water partition coefficient (Wildman–Crippen LogP) is 1.34. The van der Waals surface area contributed by atoms with Gasteiger partial charge < -0.3 is 0 Å². The van der Waals surface area contributed by atoms with Crippen LogP contribution in [0.1, 0.15) is 5.56 Å². The minimum Gasteiger partial charge on any atom is -0.290 e. The molecule has 10 heavy (non-hydrogen) atoms. The van der Waals surface area contributed by atoms with E-state index in [2.05, 4.69) is 0 Å². The first kappa shape index (κ1) is 7.18. The van der Waals surface area contributed by atoms with E-state index in [1.54, 1.807) is 0 Å². The molecule has 0 atom stereocenters. The Morgan fingerprint density at radius 1 is 1.30 bits per heavy atom. The summed E-state index contributed by atoms with van der Waals surface area (Å²) < 4.78 is 0. The van der Waals surface area contributed by atoms with E-state index < -0.39 is 0 Å². The summed E-state index contributed by atoms with van der Waals surface area (Å²) in [6, 6.07) is 9.26. The van der Waals surface area contributed by atoms with Crippen molar-refractivity contribution in [1.82, 2.24) is 5.48 Å². The quantitative estimate of drug-likeness (QED) is 0.471. The zero-order valence-corrected chi connectivity index (χ0v) is 6.06. The number of hydroxylamine groups is 1. The lowest BCUT2D eigenvalue weighted by Crippen LogP contribution is -2.16. The monoisotopic (exact) mass is 153 g/mol. The molecule has 1 aromatic carbocycles. The van der Waals surface area contributed by atoms with Gasteiger partial charge in [0.25, 0.3) is 0 Å². The molecule has 1 rings (SSSR count). The Balaban J connectivity index is 2.85. The number of benzene rings is 1. The Bertz CT molecular complexity index is 222. The van der Waals surface area contributed by atoms with E-state index in [0.717, 1.165) is 5.56 Å². The van der Waals surface area contributed by atoms with Gasteiger partial charge in [-0.3, -0.25) is 10.7 Å². The van der Waals surface area contributed by atoms with Gasteiger partial charge in [-0.05, 0) is 0 Å². The Labute approximate surface area is 64.5 Å². The van der Waals surface area contributed by atoms with Gasteiger partial charge in [-0.25, -0.2) is 0 Å². The maximum absolute atomic E-state index is 8.40. The molecule has 0 unspecified atom stereocenters. The highest BCUT2D eigenvalue weighted by atomic mass is 32.1. The Hall–Kier alpha value is -0.930. The minimum absolute atomic E-state index is 0.348. The van der Waals surface area contributed by atoms with Crippen molar-refractivity contribution < 1.29 is 5.21 Å². The molecule has 0 heterocycles. The molecule has 0 aromatic heterocycles. The highest BCUT2D eigenvalue weighted by Gasteiger charge is 1.94. The van der Waals surface area contributed by atoms with E-state index in [0.29, 0.717) is 4.99 Å². The van der Waals surface area contributed by atoms with Crippen molar-refractivity contribution in [1.29, 1.82) is 0 Å². The van der Waals surface area contributed by atoms with Crippen molar-refractivity contribution in [3.05, 3.63) is 35.9 Å². The molecule has 0 amide bonds. The number of hydrogen-bond acceptors (Lipinski definition) is 2. The fourth-order valence-electron chi connectivity index (χ4n) is 0.654. The largest absolute Gasteiger partial charge is 0.290 e. The average Bonchev–Trinajstić information content (AvgIpc) is 2.05. The van der Waals surface area contributed by atoms with E-state index in [1.807, 2.05) is 35.8 Å². The maximum atomic E-state index is 8.40. The van der Waals surface area contributed by atoms with Crippen LogP contribution in [0.4, 0.5) is 0 Å². The van der Waals surface area contributed by atoms with Gasteiger partial charge in [0.2, 0.25) is 0 Å². The first-order valence-corrected chi connectivity index (χ1v) is 3.25. The third-order valence-corrected chi connectivity index (χ3v) is 1.46. The van der Waals surface area contributed by atoms with Crippen LogP contribution in [-0.2, 0) is 0 Å². The van der Waals surface area contributed by atoms with Crippen molar-refractivity contribution in [2.75, 3.05) is 0 Å². The molecule has 1 aromatic rings. The van der Waals surface area contributed by atoms with Crippen molar-refractivity contribution in [2.24, 2.45) is 0 Å². The van der Waals surface area contributed by atoms with E-state index in [4.69, 9.17) is 17.4 Å². The summed E-state index contributed by atoms with van der Waals surface area (Å²) in [5.41, 5.74) is 2.73. The van der Waals surface area contributed by atoms with Crippen LogP contribution in [0.5, 0.6) is 0 Å². The zero-order valence-electron chi connectivity index (χ0n) is 5.24. The van der Waals surface area contributed by atoms with Crippen LogP contribution in [0.15, 0.2) is 30.3 Å². The van der Waals surface area contributed by atoms with Gasteiger partial charge in [-0.1, -0.05) is 42.5 Å². The minimum atomic E-state index is 0.348. The van der Waals surface area contributed by atoms with Gasteiger partial charge in [0.05, 0.1) is 0 Å². The van der Waals surface area contributed by atoms with Crippen molar-refractivity contribution in [3.63, 3.8) is 0 Å². The zero-order chi connectivity index (χ0) is 7.40. The van der Waals surface area contributed by atoms with Gasteiger partial charge >= 0.3 is 0 Å². The second-order valence-electron chi connectivity index (χ2n) is 1.81. The van der Waals surface area contributed by atoms with Gasteiger partial charge in [-0.15, -0.1) is 0 Å². The van der Waals surface area contributed by atoms with Gasteiger partial charge in [-0.2, -0.15) is 0 Å². The summed E-state index contributed by atoms with van der Waals surface area (Å²) in [5.74, 6) is 0. The molecular formula is C7H7NOS. The normalized spacial score (nSPS) is 8.90. The third kappa shape index (κ3) is 1.52. The third-order valence-electron chi connectivity index (χ3n) is 1.14. The second-order valence-corrected chi connectivity index (χ2v) is 2.22. The standard InChI is InChI=1S/C7H7NOS/c9-8-7(10)6-4-2-1-3-5-6/h1-5,9H,(H,8,10). The summed E-state index contributed by atoms with van der Waals surface area (Å²) in [7, 11) is 0.